The monoisotopic (exact) mass is 264 g/mol. The molecule has 1 saturated carbocycles. The standard InChI is InChI=1S/C10H20N2O4S/c1-2-11-17(15,16)12-7-8-5-3-4-6-9(8)10(13)14/h8-9,11-12H,2-7H2,1H3,(H,13,14). The molecule has 0 heterocycles. The highest BCUT2D eigenvalue weighted by molar-refractivity contribution is 7.87. The second kappa shape index (κ2) is 6.32. The van der Waals surface area contributed by atoms with Crippen molar-refractivity contribution in [3.63, 3.8) is 0 Å². The number of carboxylic acids is 1. The van der Waals surface area contributed by atoms with Gasteiger partial charge in [0.05, 0.1) is 5.92 Å². The summed E-state index contributed by atoms with van der Waals surface area (Å²) in [5.41, 5.74) is 0. The molecule has 0 bridgehead atoms. The van der Waals surface area contributed by atoms with E-state index in [1.807, 2.05) is 0 Å². The Morgan fingerprint density at radius 1 is 1.29 bits per heavy atom. The number of carboxylic acid groups (broad SMARTS) is 1. The van der Waals surface area contributed by atoms with Crippen LogP contribution < -0.4 is 9.44 Å². The van der Waals surface area contributed by atoms with E-state index >= 15 is 0 Å². The molecule has 0 amide bonds. The van der Waals surface area contributed by atoms with E-state index < -0.39 is 22.1 Å². The summed E-state index contributed by atoms with van der Waals surface area (Å²) >= 11 is 0. The van der Waals surface area contributed by atoms with Gasteiger partial charge in [0.25, 0.3) is 10.2 Å². The Kier molecular flexibility index (Phi) is 5.35. The lowest BCUT2D eigenvalue weighted by atomic mass is 9.79. The van der Waals surface area contributed by atoms with Crippen LogP contribution in [0.3, 0.4) is 0 Å². The fourth-order valence-electron chi connectivity index (χ4n) is 2.23. The normalized spacial score (nSPS) is 25.7. The molecule has 1 fully saturated rings. The molecule has 3 N–H and O–H groups in total. The van der Waals surface area contributed by atoms with Crippen LogP contribution >= 0.6 is 0 Å². The maximum Gasteiger partial charge on any atom is 0.306 e. The molecule has 0 radical (unpaired) electrons. The Morgan fingerprint density at radius 3 is 2.53 bits per heavy atom. The van der Waals surface area contributed by atoms with Gasteiger partial charge in [-0.05, 0) is 18.8 Å². The molecule has 17 heavy (non-hydrogen) atoms. The van der Waals surface area contributed by atoms with E-state index in [4.69, 9.17) is 5.11 Å². The minimum atomic E-state index is -3.47. The molecule has 7 heteroatoms. The molecule has 1 aliphatic carbocycles. The maximum atomic E-state index is 11.4. The number of hydrogen-bond donors (Lipinski definition) is 3. The Labute approximate surface area is 102 Å². The number of aliphatic carboxylic acids is 1. The zero-order valence-corrected chi connectivity index (χ0v) is 10.8. The van der Waals surface area contributed by atoms with E-state index in [1.165, 1.54) is 0 Å². The Hall–Kier alpha value is -0.660. The summed E-state index contributed by atoms with van der Waals surface area (Å²) in [5, 5.41) is 9.05. The third-order valence-electron chi connectivity index (χ3n) is 3.10. The fourth-order valence-corrected chi connectivity index (χ4v) is 3.15. The first-order valence-electron chi connectivity index (χ1n) is 5.93. The number of carbonyl (C=O) groups is 1. The number of hydrogen-bond acceptors (Lipinski definition) is 3. The van der Waals surface area contributed by atoms with Gasteiger partial charge in [-0.1, -0.05) is 19.8 Å². The van der Waals surface area contributed by atoms with Crippen LogP contribution in [0.4, 0.5) is 0 Å². The summed E-state index contributed by atoms with van der Waals surface area (Å²) in [5.74, 6) is -1.35. The first-order valence-corrected chi connectivity index (χ1v) is 7.41. The summed E-state index contributed by atoms with van der Waals surface area (Å²) in [4.78, 5) is 11.0. The largest absolute Gasteiger partial charge is 0.481 e. The average molecular weight is 264 g/mol. The molecule has 0 aromatic carbocycles. The smallest absolute Gasteiger partial charge is 0.306 e. The van der Waals surface area contributed by atoms with E-state index in [0.29, 0.717) is 13.0 Å². The van der Waals surface area contributed by atoms with Crippen molar-refractivity contribution in [2.24, 2.45) is 11.8 Å². The predicted molar refractivity (Wildman–Crippen MR) is 63.7 cm³/mol. The van der Waals surface area contributed by atoms with Crippen LogP contribution in [0.2, 0.25) is 0 Å². The highest BCUT2D eigenvalue weighted by Gasteiger charge is 2.31. The molecule has 1 rings (SSSR count). The van der Waals surface area contributed by atoms with Crippen molar-refractivity contribution < 1.29 is 18.3 Å². The van der Waals surface area contributed by atoms with Crippen LogP contribution in [0.15, 0.2) is 0 Å². The molecule has 1 aliphatic rings. The maximum absolute atomic E-state index is 11.4. The topological polar surface area (TPSA) is 95.5 Å². The highest BCUT2D eigenvalue weighted by Crippen LogP contribution is 2.29. The summed E-state index contributed by atoms with van der Waals surface area (Å²) in [6.45, 7) is 2.22. The molecule has 2 unspecified atom stereocenters. The van der Waals surface area contributed by atoms with E-state index in [-0.39, 0.29) is 12.5 Å². The second-order valence-electron chi connectivity index (χ2n) is 4.34. The third kappa shape index (κ3) is 4.61. The van der Waals surface area contributed by atoms with Gasteiger partial charge in [0.15, 0.2) is 0 Å². The Bertz CT molecular complexity index is 355. The van der Waals surface area contributed by atoms with Crippen LogP contribution in [-0.2, 0) is 15.0 Å². The molecule has 0 spiro atoms. The lowest BCUT2D eigenvalue weighted by Crippen LogP contribution is -2.42. The van der Waals surface area contributed by atoms with E-state index in [9.17, 15) is 13.2 Å². The van der Waals surface area contributed by atoms with Crippen LogP contribution in [0.1, 0.15) is 32.6 Å². The van der Waals surface area contributed by atoms with Gasteiger partial charge < -0.3 is 5.11 Å². The molecule has 2 atom stereocenters. The predicted octanol–water partition coefficient (Wildman–Crippen LogP) is 0.321. The minimum Gasteiger partial charge on any atom is -0.481 e. The Balaban J connectivity index is 2.51. The van der Waals surface area contributed by atoms with Gasteiger partial charge in [0, 0.05) is 13.1 Å². The molecular formula is C10H20N2O4S. The third-order valence-corrected chi connectivity index (χ3v) is 4.31. The molecule has 0 saturated heterocycles. The molecule has 0 aliphatic heterocycles. The lowest BCUT2D eigenvalue weighted by molar-refractivity contribution is -0.144. The van der Waals surface area contributed by atoms with E-state index in [2.05, 4.69) is 9.44 Å². The second-order valence-corrected chi connectivity index (χ2v) is 5.92. The van der Waals surface area contributed by atoms with Gasteiger partial charge in [-0.25, -0.2) is 9.44 Å². The van der Waals surface area contributed by atoms with Crippen LogP contribution in [0.25, 0.3) is 0 Å². The van der Waals surface area contributed by atoms with Crippen molar-refractivity contribution in [1.82, 2.24) is 9.44 Å². The molecule has 6 nitrogen and oxygen atoms in total. The van der Waals surface area contributed by atoms with Gasteiger partial charge in [0.1, 0.15) is 0 Å². The first-order chi connectivity index (χ1) is 7.96. The van der Waals surface area contributed by atoms with Crippen molar-refractivity contribution in [1.29, 1.82) is 0 Å². The van der Waals surface area contributed by atoms with Crippen LogP contribution in [0, 0.1) is 11.8 Å². The number of nitrogens with one attached hydrogen (secondary N) is 2. The van der Waals surface area contributed by atoms with Crippen molar-refractivity contribution in [3.05, 3.63) is 0 Å². The zero-order chi connectivity index (χ0) is 12.9. The van der Waals surface area contributed by atoms with Crippen molar-refractivity contribution in [2.45, 2.75) is 32.6 Å². The molecule has 100 valence electrons. The van der Waals surface area contributed by atoms with Crippen molar-refractivity contribution >= 4 is 16.2 Å². The molecule has 0 aromatic heterocycles. The van der Waals surface area contributed by atoms with Gasteiger partial charge in [-0.15, -0.1) is 0 Å². The van der Waals surface area contributed by atoms with Gasteiger partial charge in [-0.2, -0.15) is 8.42 Å². The van der Waals surface area contributed by atoms with Gasteiger partial charge >= 0.3 is 5.97 Å². The summed E-state index contributed by atoms with van der Waals surface area (Å²) in [6.07, 6.45) is 3.29. The zero-order valence-electron chi connectivity index (χ0n) is 9.98. The minimum absolute atomic E-state index is 0.102. The summed E-state index contributed by atoms with van der Waals surface area (Å²) < 4.78 is 27.5. The highest BCUT2D eigenvalue weighted by atomic mass is 32.2. The lowest BCUT2D eigenvalue weighted by Gasteiger charge is -2.28. The number of rotatable bonds is 6. The van der Waals surface area contributed by atoms with Crippen molar-refractivity contribution in [3.8, 4) is 0 Å². The van der Waals surface area contributed by atoms with Crippen LogP contribution in [0.5, 0.6) is 0 Å². The molecular weight excluding hydrogens is 244 g/mol. The molecule has 0 aromatic rings. The van der Waals surface area contributed by atoms with Crippen molar-refractivity contribution in [2.75, 3.05) is 13.1 Å². The fraction of sp³-hybridized carbons (Fsp3) is 0.900. The quantitative estimate of drug-likeness (QED) is 0.644. The van der Waals surface area contributed by atoms with Crippen LogP contribution in [-0.4, -0.2) is 32.6 Å². The van der Waals surface area contributed by atoms with Gasteiger partial charge in [0.2, 0.25) is 0 Å². The SMILES string of the molecule is CCNS(=O)(=O)NCC1CCCCC1C(=O)O. The summed E-state index contributed by atoms with van der Waals surface area (Å²) in [7, 11) is -3.47. The van der Waals surface area contributed by atoms with Gasteiger partial charge in [-0.3, -0.25) is 4.79 Å². The first kappa shape index (κ1) is 14.4. The van der Waals surface area contributed by atoms with E-state index in [0.717, 1.165) is 19.3 Å². The average Bonchev–Trinajstić information content (AvgIpc) is 2.27. The van der Waals surface area contributed by atoms with E-state index in [1.54, 1.807) is 6.92 Å². The summed E-state index contributed by atoms with van der Waals surface area (Å²) in [6, 6.07) is 0. The Morgan fingerprint density at radius 2 is 1.94 bits per heavy atom.